The molecule has 1 aromatic rings. The molecule has 0 amide bonds. The molecule has 7 nitrogen and oxygen atoms in total. The molecular weight excluding hydrogens is 302 g/mol. The second kappa shape index (κ2) is 6.08. The highest BCUT2D eigenvalue weighted by Crippen LogP contribution is 2.25. The zero-order valence-corrected chi connectivity index (χ0v) is 13.2. The minimum absolute atomic E-state index is 0.000597. The summed E-state index contributed by atoms with van der Waals surface area (Å²) in [5.74, 6) is -0.340. The first-order valence-electron chi connectivity index (χ1n) is 5.87. The Hall–Kier alpha value is -1.16. The second-order valence-corrected chi connectivity index (χ2v) is 8.11. The molecule has 0 aromatic heterocycles. The van der Waals surface area contributed by atoms with Crippen LogP contribution in [0.3, 0.4) is 0 Å². The summed E-state index contributed by atoms with van der Waals surface area (Å²) < 4.78 is 51.2. The average molecular weight is 321 g/mol. The van der Waals surface area contributed by atoms with Gasteiger partial charge in [0.1, 0.15) is 4.90 Å². The summed E-state index contributed by atoms with van der Waals surface area (Å²) in [5.41, 5.74) is 7.14. The van der Waals surface area contributed by atoms with E-state index in [0.717, 1.165) is 0 Å². The summed E-state index contributed by atoms with van der Waals surface area (Å²) >= 11 is 0. The minimum Gasteiger partial charge on any atom is -0.397 e. The molecule has 0 atom stereocenters. The van der Waals surface area contributed by atoms with Gasteiger partial charge in [0.2, 0.25) is 20.0 Å². The van der Waals surface area contributed by atoms with Gasteiger partial charge in [0.15, 0.2) is 0 Å². The molecular formula is C11H19N3O4S2. The Morgan fingerprint density at radius 3 is 2.20 bits per heavy atom. The van der Waals surface area contributed by atoms with Crippen LogP contribution >= 0.6 is 0 Å². The van der Waals surface area contributed by atoms with E-state index in [2.05, 4.69) is 9.44 Å². The van der Waals surface area contributed by atoms with Crippen molar-refractivity contribution >= 4 is 25.7 Å². The lowest BCUT2D eigenvalue weighted by Crippen LogP contribution is -2.33. The van der Waals surface area contributed by atoms with E-state index >= 15 is 0 Å². The van der Waals surface area contributed by atoms with E-state index in [4.69, 9.17) is 5.73 Å². The van der Waals surface area contributed by atoms with Gasteiger partial charge in [0.05, 0.1) is 11.4 Å². The molecule has 20 heavy (non-hydrogen) atoms. The van der Waals surface area contributed by atoms with Crippen LogP contribution in [0.15, 0.2) is 17.0 Å². The van der Waals surface area contributed by atoms with Crippen molar-refractivity contribution in [3.05, 3.63) is 23.3 Å². The lowest BCUT2D eigenvalue weighted by molar-refractivity contribution is 0.578. The van der Waals surface area contributed by atoms with E-state index in [1.54, 1.807) is 26.0 Å². The first kappa shape index (κ1) is 16.9. The SMILES string of the molecule is CNS(=O)(=O)CCNS(=O)(=O)c1c(C)ccc(C)c1N. The van der Waals surface area contributed by atoms with Crippen LogP contribution < -0.4 is 15.2 Å². The zero-order chi connectivity index (χ0) is 15.6. The number of benzene rings is 1. The van der Waals surface area contributed by atoms with Crippen LogP contribution in [-0.4, -0.2) is 36.2 Å². The van der Waals surface area contributed by atoms with Gasteiger partial charge in [-0.25, -0.2) is 26.3 Å². The fourth-order valence-corrected chi connectivity index (χ4v) is 3.81. The Bertz CT molecular complexity index is 697. The molecule has 114 valence electrons. The largest absolute Gasteiger partial charge is 0.397 e. The highest BCUT2D eigenvalue weighted by atomic mass is 32.2. The van der Waals surface area contributed by atoms with E-state index in [-0.39, 0.29) is 22.9 Å². The van der Waals surface area contributed by atoms with Crippen molar-refractivity contribution in [1.29, 1.82) is 0 Å². The monoisotopic (exact) mass is 321 g/mol. The van der Waals surface area contributed by atoms with Gasteiger partial charge in [0, 0.05) is 6.54 Å². The molecule has 0 aliphatic carbocycles. The summed E-state index contributed by atoms with van der Waals surface area (Å²) in [6.07, 6.45) is 0. The molecule has 0 fully saturated rings. The van der Waals surface area contributed by atoms with Crippen LogP contribution in [0.5, 0.6) is 0 Å². The molecule has 1 aromatic carbocycles. The van der Waals surface area contributed by atoms with E-state index in [9.17, 15) is 16.8 Å². The van der Waals surface area contributed by atoms with Crippen molar-refractivity contribution in [2.45, 2.75) is 18.7 Å². The highest BCUT2D eigenvalue weighted by molar-refractivity contribution is 7.90. The Labute approximate surface area is 119 Å². The molecule has 0 bridgehead atoms. The fraction of sp³-hybridized carbons (Fsp3) is 0.455. The molecule has 9 heteroatoms. The van der Waals surface area contributed by atoms with E-state index in [0.29, 0.717) is 11.1 Å². The van der Waals surface area contributed by atoms with Gasteiger partial charge < -0.3 is 5.73 Å². The standard InChI is InChI=1S/C11H19N3O4S2/c1-8-4-5-9(2)11(10(8)12)20(17,18)14-6-7-19(15,16)13-3/h4-5,13-14H,6-7,12H2,1-3H3. The van der Waals surface area contributed by atoms with E-state index in [1.807, 2.05) is 0 Å². The smallest absolute Gasteiger partial charge is 0.242 e. The normalized spacial score (nSPS) is 12.6. The topological polar surface area (TPSA) is 118 Å². The lowest BCUT2D eigenvalue weighted by Gasteiger charge is -2.13. The lowest BCUT2D eigenvalue weighted by atomic mass is 10.1. The third-order valence-electron chi connectivity index (χ3n) is 2.85. The summed E-state index contributed by atoms with van der Waals surface area (Å²) in [5, 5.41) is 0. The molecule has 0 saturated carbocycles. The molecule has 0 aliphatic rings. The highest BCUT2D eigenvalue weighted by Gasteiger charge is 2.21. The molecule has 0 aliphatic heterocycles. The van der Waals surface area contributed by atoms with Gasteiger partial charge >= 0.3 is 0 Å². The third kappa shape index (κ3) is 3.92. The van der Waals surface area contributed by atoms with Gasteiger partial charge in [-0.2, -0.15) is 0 Å². The molecule has 1 rings (SSSR count). The molecule has 4 N–H and O–H groups in total. The number of nitrogens with two attached hydrogens (primary N) is 1. The number of nitrogens with one attached hydrogen (secondary N) is 2. The predicted octanol–water partition coefficient (Wildman–Crippen LogP) is -0.287. The first-order chi connectivity index (χ1) is 9.10. The van der Waals surface area contributed by atoms with E-state index < -0.39 is 20.0 Å². The van der Waals surface area contributed by atoms with Gasteiger partial charge in [-0.15, -0.1) is 0 Å². The molecule has 0 unspecified atom stereocenters. The molecule has 0 saturated heterocycles. The van der Waals surface area contributed by atoms with Gasteiger partial charge in [0.25, 0.3) is 0 Å². The number of aryl methyl sites for hydroxylation is 2. The van der Waals surface area contributed by atoms with Crippen LogP contribution in [0.4, 0.5) is 5.69 Å². The maximum Gasteiger partial charge on any atom is 0.242 e. The zero-order valence-electron chi connectivity index (χ0n) is 11.6. The average Bonchev–Trinajstić information content (AvgIpc) is 2.33. The van der Waals surface area contributed by atoms with Gasteiger partial charge in [-0.3, -0.25) is 0 Å². The Morgan fingerprint density at radius 2 is 1.65 bits per heavy atom. The molecule has 0 spiro atoms. The first-order valence-corrected chi connectivity index (χ1v) is 9.01. The Balaban J connectivity index is 2.99. The quantitative estimate of drug-likeness (QED) is 0.622. The van der Waals surface area contributed by atoms with E-state index in [1.165, 1.54) is 7.05 Å². The van der Waals surface area contributed by atoms with Crippen LogP contribution in [0.1, 0.15) is 11.1 Å². The summed E-state index contributed by atoms with van der Waals surface area (Å²) in [6, 6.07) is 3.39. The van der Waals surface area contributed by atoms with Crippen LogP contribution in [0.2, 0.25) is 0 Å². The minimum atomic E-state index is -3.84. The summed E-state index contributed by atoms with van der Waals surface area (Å²) in [7, 11) is -6.03. The number of anilines is 1. The van der Waals surface area contributed by atoms with Crippen LogP contribution in [0.25, 0.3) is 0 Å². The van der Waals surface area contributed by atoms with Crippen molar-refractivity contribution in [2.75, 3.05) is 25.1 Å². The molecule has 0 heterocycles. The van der Waals surface area contributed by atoms with Crippen LogP contribution in [-0.2, 0) is 20.0 Å². The number of hydrogen-bond acceptors (Lipinski definition) is 5. The van der Waals surface area contributed by atoms with Crippen molar-refractivity contribution in [1.82, 2.24) is 9.44 Å². The maximum atomic E-state index is 12.2. The maximum absolute atomic E-state index is 12.2. The summed E-state index contributed by atoms with van der Waals surface area (Å²) in [6.45, 7) is 3.12. The number of sulfonamides is 2. The van der Waals surface area contributed by atoms with Crippen molar-refractivity contribution in [2.24, 2.45) is 0 Å². The summed E-state index contributed by atoms with van der Waals surface area (Å²) in [4.78, 5) is -0.000597. The van der Waals surface area contributed by atoms with Crippen molar-refractivity contribution in [3.63, 3.8) is 0 Å². The second-order valence-electron chi connectivity index (χ2n) is 4.36. The third-order valence-corrected chi connectivity index (χ3v) is 5.88. The number of rotatable bonds is 6. The van der Waals surface area contributed by atoms with Gasteiger partial charge in [-0.05, 0) is 32.0 Å². The predicted molar refractivity (Wildman–Crippen MR) is 78.4 cm³/mol. The Kier molecular flexibility index (Phi) is 5.14. The number of nitrogen functional groups attached to an aromatic ring is 1. The number of hydrogen-bond donors (Lipinski definition) is 3. The Morgan fingerprint density at radius 1 is 1.10 bits per heavy atom. The van der Waals surface area contributed by atoms with Crippen LogP contribution in [0, 0.1) is 13.8 Å². The van der Waals surface area contributed by atoms with Crippen molar-refractivity contribution in [3.8, 4) is 0 Å². The molecule has 0 radical (unpaired) electrons. The fourth-order valence-electron chi connectivity index (χ4n) is 1.65. The van der Waals surface area contributed by atoms with Crippen molar-refractivity contribution < 1.29 is 16.8 Å². The van der Waals surface area contributed by atoms with Gasteiger partial charge in [-0.1, -0.05) is 12.1 Å².